The third-order valence-electron chi connectivity index (χ3n) is 5.41. The van der Waals surface area contributed by atoms with Crippen LogP contribution in [0.4, 0.5) is 0 Å². The molecule has 1 N–H and O–H groups in total. The van der Waals surface area contributed by atoms with Gasteiger partial charge in [0.2, 0.25) is 0 Å². The van der Waals surface area contributed by atoms with E-state index in [1.165, 1.54) is 0 Å². The van der Waals surface area contributed by atoms with Gasteiger partial charge in [-0.15, -0.1) is 0 Å². The molecule has 0 bridgehead atoms. The van der Waals surface area contributed by atoms with Gasteiger partial charge in [0.15, 0.2) is 0 Å². The van der Waals surface area contributed by atoms with Crippen LogP contribution in [0.5, 0.6) is 0 Å². The van der Waals surface area contributed by atoms with Crippen LogP contribution in [0.1, 0.15) is 30.0 Å². The number of carbonyl (C=O) groups is 1. The minimum absolute atomic E-state index is 0.534. The molecule has 146 valence electrons. The van der Waals surface area contributed by atoms with Crippen molar-refractivity contribution in [3.63, 3.8) is 0 Å². The van der Waals surface area contributed by atoms with Crippen molar-refractivity contribution in [1.29, 1.82) is 0 Å². The second-order valence-corrected chi connectivity index (χ2v) is 7.41. The SMILES string of the molecule is O=C(O)C(c1cnn(Cc2ccccc2)c1)N1CCC(Cn2cccn2)CC1. The van der Waals surface area contributed by atoms with Gasteiger partial charge in [0.05, 0.1) is 12.7 Å². The Labute approximate surface area is 164 Å². The van der Waals surface area contributed by atoms with Crippen LogP contribution in [0.15, 0.2) is 61.2 Å². The van der Waals surface area contributed by atoms with Crippen molar-refractivity contribution in [2.45, 2.75) is 32.0 Å². The van der Waals surface area contributed by atoms with Crippen molar-refractivity contribution in [1.82, 2.24) is 24.5 Å². The summed E-state index contributed by atoms with van der Waals surface area (Å²) in [7, 11) is 0. The molecule has 1 aromatic carbocycles. The number of carboxylic acids is 1. The van der Waals surface area contributed by atoms with Gasteiger partial charge >= 0.3 is 5.97 Å². The van der Waals surface area contributed by atoms with Gasteiger partial charge in [0.25, 0.3) is 0 Å². The van der Waals surface area contributed by atoms with Crippen molar-refractivity contribution >= 4 is 5.97 Å². The first-order chi connectivity index (χ1) is 13.7. The first kappa shape index (κ1) is 18.4. The number of aromatic nitrogens is 4. The highest BCUT2D eigenvalue weighted by Gasteiger charge is 2.32. The number of hydrogen-bond acceptors (Lipinski definition) is 4. The van der Waals surface area contributed by atoms with Gasteiger partial charge in [-0.05, 0) is 43.5 Å². The minimum atomic E-state index is -0.815. The molecule has 0 saturated carbocycles. The molecule has 1 aliphatic heterocycles. The van der Waals surface area contributed by atoms with E-state index in [-0.39, 0.29) is 0 Å². The van der Waals surface area contributed by atoms with E-state index in [2.05, 4.69) is 15.1 Å². The van der Waals surface area contributed by atoms with E-state index in [0.717, 1.165) is 43.6 Å². The Kier molecular flexibility index (Phi) is 5.53. The van der Waals surface area contributed by atoms with E-state index in [4.69, 9.17) is 0 Å². The zero-order valence-electron chi connectivity index (χ0n) is 15.8. The fourth-order valence-electron chi connectivity index (χ4n) is 3.95. The molecule has 4 rings (SSSR count). The fraction of sp³-hybridized carbons (Fsp3) is 0.381. The molecule has 3 aromatic rings. The zero-order chi connectivity index (χ0) is 19.3. The van der Waals surface area contributed by atoms with Crippen LogP contribution in [-0.4, -0.2) is 48.6 Å². The number of carboxylic acid groups (broad SMARTS) is 1. The first-order valence-electron chi connectivity index (χ1n) is 9.69. The second kappa shape index (κ2) is 8.39. The summed E-state index contributed by atoms with van der Waals surface area (Å²) in [5, 5.41) is 18.5. The molecule has 1 fully saturated rings. The normalized spacial score (nSPS) is 16.9. The molecule has 1 saturated heterocycles. The van der Waals surface area contributed by atoms with Gasteiger partial charge in [-0.3, -0.25) is 19.1 Å². The molecule has 2 aromatic heterocycles. The molecular formula is C21H25N5O2. The molecule has 1 unspecified atom stereocenters. The summed E-state index contributed by atoms with van der Waals surface area (Å²) < 4.78 is 3.77. The zero-order valence-corrected chi connectivity index (χ0v) is 15.8. The van der Waals surface area contributed by atoms with E-state index >= 15 is 0 Å². The van der Waals surface area contributed by atoms with E-state index in [0.29, 0.717) is 12.5 Å². The highest BCUT2D eigenvalue weighted by atomic mass is 16.4. The molecule has 7 heteroatoms. The van der Waals surface area contributed by atoms with Crippen LogP contribution in [0.2, 0.25) is 0 Å². The maximum absolute atomic E-state index is 12.0. The highest BCUT2D eigenvalue weighted by Crippen LogP contribution is 2.28. The largest absolute Gasteiger partial charge is 0.480 e. The van der Waals surface area contributed by atoms with Crippen LogP contribution in [0.25, 0.3) is 0 Å². The molecule has 1 aliphatic rings. The molecule has 0 radical (unpaired) electrons. The summed E-state index contributed by atoms with van der Waals surface area (Å²) in [5.74, 6) is -0.281. The lowest BCUT2D eigenvalue weighted by Gasteiger charge is -2.35. The van der Waals surface area contributed by atoms with E-state index in [1.807, 2.05) is 58.2 Å². The molecule has 3 heterocycles. The number of nitrogens with zero attached hydrogens (tertiary/aromatic N) is 5. The Morgan fingerprint density at radius 3 is 2.57 bits per heavy atom. The Hall–Kier alpha value is -2.93. The lowest BCUT2D eigenvalue weighted by molar-refractivity contribution is -0.144. The van der Waals surface area contributed by atoms with Gasteiger partial charge in [-0.25, -0.2) is 0 Å². The molecule has 7 nitrogen and oxygen atoms in total. The maximum Gasteiger partial charge on any atom is 0.325 e. The topological polar surface area (TPSA) is 76.2 Å². The standard InChI is InChI=1S/C21H25N5O2/c27-21(28)20(19-13-23-26(16-19)15-17-5-2-1-3-6-17)24-11-7-18(8-12-24)14-25-10-4-9-22-25/h1-6,9-10,13,16,18,20H,7-8,11-12,14-15H2,(H,27,28). The Morgan fingerprint density at radius 2 is 1.89 bits per heavy atom. The van der Waals surface area contributed by atoms with E-state index in [1.54, 1.807) is 12.4 Å². The average molecular weight is 379 g/mol. The average Bonchev–Trinajstić information content (AvgIpc) is 3.36. The Bertz CT molecular complexity index is 883. The predicted octanol–water partition coefficient (Wildman–Crippen LogP) is 2.67. The summed E-state index contributed by atoms with van der Waals surface area (Å²) in [6.07, 6.45) is 9.28. The molecule has 1 atom stereocenters. The lowest BCUT2D eigenvalue weighted by Crippen LogP contribution is -2.40. The summed E-state index contributed by atoms with van der Waals surface area (Å²) in [5.41, 5.74) is 1.89. The fourth-order valence-corrected chi connectivity index (χ4v) is 3.95. The summed E-state index contributed by atoms with van der Waals surface area (Å²) in [6, 6.07) is 11.3. The second-order valence-electron chi connectivity index (χ2n) is 7.41. The maximum atomic E-state index is 12.0. The quantitative estimate of drug-likeness (QED) is 0.683. The number of piperidine rings is 1. The van der Waals surface area contributed by atoms with Crippen LogP contribution in [0.3, 0.4) is 0 Å². The molecule has 0 amide bonds. The van der Waals surface area contributed by atoms with Crippen LogP contribution in [-0.2, 0) is 17.9 Å². The molecule has 28 heavy (non-hydrogen) atoms. The van der Waals surface area contributed by atoms with Crippen molar-refractivity contribution in [3.8, 4) is 0 Å². The monoisotopic (exact) mass is 379 g/mol. The minimum Gasteiger partial charge on any atom is -0.480 e. The third-order valence-corrected chi connectivity index (χ3v) is 5.41. The smallest absolute Gasteiger partial charge is 0.325 e. The van der Waals surface area contributed by atoms with E-state index < -0.39 is 12.0 Å². The highest BCUT2D eigenvalue weighted by molar-refractivity contribution is 5.75. The van der Waals surface area contributed by atoms with Crippen LogP contribution >= 0.6 is 0 Å². The van der Waals surface area contributed by atoms with Crippen molar-refractivity contribution < 1.29 is 9.90 Å². The number of rotatable bonds is 7. The number of likely N-dealkylation sites (tertiary alicyclic amines) is 1. The van der Waals surface area contributed by atoms with Crippen LogP contribution < -0.4 is 0 Å². The Morgan fingerprint density at radius 1 is 1.11 bits per heavy atom. The number of aliphatic carboxylic acids is 1. The van der Waals surface area contributed by atoms with Gasteiger partial charge in [-0.1, -0.05) is 30.3 Å². The van der Waals surface area contributed by atoms with E-state index in [9.17, 15) is 9.90 Å². The lowest BCUT2D eigenvalue weighted by atomic mass is 9.94. The summed E-state index contributed by atoms with van der Waals surface area (Å²) in [6.45, 7) is 3.08. The van der Waals surface area contributed by atoms with Crippen molar-refractivity contribution in [3.05, 3.63) is 72.3 Å². The van der Waals surface area contributed by atoms with Gasteiger partial charge < -0.3 is 5.11 Å². The summed E-state index contributed by atoms with van der Waals surface area (Å²) in [4.78, 5) is 14.1. The van der Waals surface area contributed by atoms with Gasteiger partial charge in [0, 0.05) is 30.7 Å². The predicted molar refractivity (Wildman–Crippen MR) is 105 cm³/mol. The molecule has 0 spiro atoms. The summed E-state index contributed by atoms with van der Waals surface area (Å²) >= 11 is 0. The number of benzene rings is 1. The third kappa shape index (κ3) is 4.31. The van der Waals surface area contributed by atoms with Crippen LogP contribution in [0, 0.1) is 5.92 Å². The number of hydrogen-bond donors (Lipinski definition) is 1. The van der Waals surface area contributed by atoms with Crippen molar-refractivity contribution in [2.75, 3.05) is 13.1 Å². The molecular weight excluding hydrogens is 354 g/mol. The van der Waals surface area contributed by atoms with Crippen molar-refractivity contribution in [2.24, 2.45) is 5.92 Å². The van der Waals surface area contributed by atoms with Gasteiger partial charge in [-0.2, -0.15) is 10.2 Å². The Balaban J connectivity index is 1.40. The first-order valence-corrected chi connectivity index (χ1v) is 9.69. The van der Waals surface area contributed by atoms with Gasteiger partial charge in [0.1, 0.15) is 6.04 Å². The molecule has 0 aliphatic carbocycles.